The van der Waals surface area contributed by atoms with E-state index in [1.54, 1.807) is 0 Å². The van der Waals surface area contributed by atoms with Crippen LogP contribution in [0.2, 0.25) is 0 Å². The SMILES string of the molecule is CCC(C)(C)CCC(C)(F)F. The van der Waals surface area contributed by atoms with Crippen molar-refractivity contribution in [2.75, 3.05) is 0 Å². The van der Waals surface area contributed by atoms with Crippen molar-refractivity contribution >= 4 is 0 Å². The Hall–Kier alpha value is -0.140. The molecule has 0 aliphatic heterocycles. The first-order chi connectivity index (χ1) is 4.77. The van der Waals surface area contributed by atoms with E-state index in [1.165, 1.54) is 0 Å². The Balaban J connectivity index is 3.70. The van der Waals surface area contributed by atoms with Crippen LogP contribution in [-0.2, 0) is 0 Å². The molecule has 0 N–H and O–H groups in total. The molecule has 0 heterocycles. The zero-order valence-electron chi connectivity index (χ0n) is 7.88. The number of hydrogen-bond acceptors (Lipinski definition) is 0. The van der Waals surface area contributed by atoms with Crippen LogP contribution in [0, 0.1) is 5.41 Å². The Bertz CT molecular complexity index is 111. The van der Waals surface area contributed by atoms with Crippen LogP contribution < -0.4 is 0 Å². The molecule has 0 aromatic rings. The lowest BCUT2D eigenvalue weighted by molar-refractivity contribution is 0.000922. The summed E-state index contributed by atoms with van der Waals surface area (Å²) in [7, 11) is 0. The summed E-state index contributed by atoms with van der Waals surface area (Å²) in [4.78, 5) is 0. The molecule has 0 atom stereocenters. The average molecular weight is 164 g/mol. The van der Waals surface area contributed by atoms with Crippen molar-refractivity contribution < 1.29 is 8.78 Å². The molecule has 2 heteroatoms. The summed E-state index contributed by atoms with van der Waals surface area (Å²) in [6.07, 6.45) is 1.57. The topological polar surface area (TPSA) is 0 Å². The molecule has 0 aliphatic rings. The van der Waals surface area contributed by atoms with Crippen LogP contribution in [0.4, 0.5) is 8.78 Å². The van der Waals surface area contributed by atoms with Gasteiger partial charge in [0.05, 0.1) is 0 Å². The van der Waals surface area contributed by atoms with Crippen LogP contribution in [0.15, 0.2) is 0 Å². The summed E-state index contributed by atoms with van der Waals surface area (Å²) in [5.74, 6) is -2.49. The molecule has 0 aromatic heterocycles. The molecule has 0 nitrogen and oxygen atoms in total. The summed E-state index contributed by atoms with van der Waals surface area (Å²) in [6.45, 7) is 7.07. The van der Waals surface area contributed by atoms with Gasteiger partial charge in [0.1, 0.15) is 0 Å². The monoisotopic (exact) mass is 164 g/mol. The highest BCUT2D eigenvalue weighted by Crippen LogP contribution is 2.31. The Morgan fingerprint density at radius 3 is 1.73 bits per heavy atom. The van der Waals surface area contributed by atoms with E-state index in [1.807, 2.05) is 20.8 Å². The number of halogens is 2. The Labute approximate surface area is 68.0 Å². The lowest BCUT2D eigenvalue weighted by atomic mass is 9.84. The van der Waals surface area contributed by atoms with Gasteiger partial charge in [-0.15, -0.1) is 0 Å². The standard InChI is InChI=1S/C9H18F2/c1-5-8(2,3)6-7-9(4,10)11/h5-7H2,1-4H3. The van der Waals surface area contributed by atoms with Crippen molar-refractivity contribution in [2.45, 2.75) is 52.9 Å². The van der Waals surface area contributed by atoms with Gasteiger partial charge >= 0.3 is 0 Å². The van der Waals surface area contributed by atoms with Crippen molar-refractivity contribution in [3.05, 3.63) is 0 Å². The van der Waals surface area contributed by atoms with Crippen LogP contribution in [0.5, 0.6) is 0 Å². The van der Waals surface area contributed by atoms with Crippen LogP contribution in [0.1, 0.15) is 47.0 Å². The third-order valence-electron chi connectivity index (χ3n) is 2.20. The molecule has 0 radical (unpaired) electrons. The van der Waals surface area contributed by atoms with Gasteiger partial charge in [-0.25, -0.2) is 8.78 Å². The van der Waals surface area contributed by atoms with E-state index in [0.717, 1.165) is 13.3 Å². The van der Waals surface area contributed by atoms with Gasteiger partial charge in [0.2, 0.25) is 5.92 Å². The largest absolute Gasteiger partial charge is 0.245 e. The summed E-state index contributed by atoms with van der Waals surface area (Å²) in [5, 5.41) is 0. The highest BCUT2D eigenvalue weighted by atomic mass is 19.3. The van der Waals surface area contributed by atoms with E-state index in [9.17, 15) is 8.78 Å². The molecule has 68 valence electrons. The summed E-state index contributed by atoms with van der Waals surface area (Å²) >= 11 is 0. The molecule has 0 fully saturated rings. The fourth-order valence-electron chi connectivity index (χ4n) is 0.735. The summed E-state index contributed by atoms with van der Waals surface area (Å²) in [5.41, 5.74) is 0.0689. The normalized spacial score (nSPS) is 13.6. The summed E-state index contributed by atoms with van der Waals surface area (Å²) in [6, 6.07) is 0. The van der Waals surface area contributed by atoms with Gasteiger partial charge in [-0.3, -0.25) is 0 Å². The molecule has 0 saturated heterocycles. The lowest BCUT2D eigenvalue weighted by Crippen LogP contribution is -2.17. The van der Waals surface area contributed by atoms with Crippen LogP contribution in [-0.4, -0.2) is 5.92 Å². The fraction of sp³-hybridized carbons (Fsp3) is 1.00. The van der Waals surface area contributed by atoms with Crippen LogP contribution in [0.3, 0.4) is 0 Å². The van der Waals surface area contributed by atoms with Crippen LogP contribution in [0.25, 0.3) is 0 Å². The molecule has 0 amide bonds. The Kier molecular flexibility index (Phi) is 3.46. The van der Waals surface area contributed by atoms with Crippen molar-refractivity contribution in [3.8, 4) is 0 Å². The fourth-order valence-corrected chi connectivity index (χ4v) is 0.735. The van der Waals surface area contributed by atoms with E-state index in [4.69, 9.17) is 0 Å². The first kappa shape index (κ1) is 10.9. The van der Waals surface area contributed by atoms with Gasteiger partial charge in [-0.2, -0.15) is 0 Å². The van der Waals surface area contributed by atoms with Gasteiger partial charge in [0.25, 0.3) is 0 Å². The quantitative estimate of drug-likeness (QED) is 0.592. The minimum Gasteiger partial charge on any atom is -0.207 e. The van der Waals surface area contributed by atoms with Crippen molar-refractivity contribution in [1.29, 1.82) is 0 Å². The van der Waals surface area contributed by atoms with E-state index in [2.05, 4.69) is 0 Å². The zero-order valence-corrected chi connectivity index (χ0v) is 7.88. The number of rotatable bonds is 4. The first-order valence-electron chi connectivity index (χ1n) is 4.15. The predicted molar refractivity (Wildman–Crippen MR) is 43.9 cm³/mol. The molecule has 0 rings (SSSR count). The average Bonchev–Trinajstić information content (AvgIpc) is 1.83. The van der Waals surface area contributed by atoms with E-state index >= 15 is 0 Å². The molecule has 0 aromatic carbocycles. The minimum absolute atomic E-state index is 0.00778. The Morgan fingerprint density at radius 2 is 1.45 bits per heavy atom. The zero-order chi connectivity index (χ0) is 9.12. The van der Waals surface area contributed by atoms with Crippen molar-refractivity contribution in [3.63, 3.8) is 0 Å². The maximum Gasteiger partial charge on any atom is 0.245 e. The van der Waals surface area contributed by atoms with Gasteiger partial charge in [-0.1, -0.05) is 27.2 Å². The van der Waals surface area contributed by atoms with Gasteiger partial charge in [-0.05, 0) is 18.8 Å². The Morgan fingerprint density at radius 1 is 1.00 bits per heavy atom. The highest BCUT2D eigenvalue weighted by molar-refractivity contribution is 4.70. The second kappa shape index (κ2) is 3.51. The van der Waals surface area contributed by atoms with Crippen molar-refractivity contribution in [1.82, 2.24) is 0 Å². The minimum atomic E-state index is -2.49. The number of hydrogen-bond donors (Lipinski definition) is 0. The molecule has 0 bridgehead atoms. The second-order valence-corrected chi connectivity index (χ2v) is 4.09. The lowest BCUT2D eigenvalue weighted by Gasteiger charge is -2.24. The summed E-state index contributed by atoms with van der Waals surface area (Å²) < 4.78 is 24.8. The molecule has 11 heavy (non-hydrogen) atoms. The smallest absolute Gasteiger partial charge is 0.207 e. The number of alkyl halides is 2. The van der Waals surface area contributed by atoms with Crippen molar-refractivity contribution in [2.24, 2.45) is 5.41 Å². The maximum atomic E-state index is 12.4. The van der Waals surface area contributed by atoms with Gasteiger partial charge < -0.3 is 0 Å². The van der Waals surface area contributed by atoms with E-state index < -0.39 is 5.92 Å². The van der Waals surface area contributed by atoms with Gasteiger partial charge in [0, 0.05) is 6.42 Å². The molecular weight excluding hydrogens is 146 g/mol. The third-order valence-corrected chi connectivity index (χ3v) is 2.20. The first-order valence-corrected chi connectivity index (χ1v) is 4.15. The van der Waals surface area contributed by atoms with Gasteiger partial charge in [0.15, 0.2) is 0 Å². The second-order valence-electron chi connectivity index (χ2n) is 4.09. The molecule has 0 aliphatic carbocycles. The predicted octanol–water partition coefficient (Wildman–Crippen LogP) is 3.86. The molecule has 0 unspecified atom stereocenters. The molecule has 0 spiro atoms. The highest BCUT2D eigenvalue weighted by Gasteiger charge is 2.25. The van der Waals surface area contributed by atoms with E-state index in [0.29, 0.717) is 6.42 Å². The molecule has 0 saturated carbocycles. The maximum absolute atomic E-state index is 12.4. The molecular formula is C9H18F2. The third kappa shape index (κ3) is 6.27. The van der Waals surface area contributed by atoms with Crippen LogP contribution >= 0.6 is 0 Å². The van der Waals surface area contributed by atoms with E-state index in [-0.39, 0.29) is 11.8 Å².